The third-order valence-corrected chi connectivity index (χ3v) is 4.94. The molecule has 0 aliphatic carbocycles. The summed E-state index contributed by atoms with van der Waals surface area (Å²) in [6.07, 6.45) is 0.797. The summed E-state index contributed by atoms with van der Waals surface area (Å²) in [6.45, 7) is 1.99. The number of rotatable bonds is 5. The summed E-state index contributed by atoms with van der Waals surface area (Å²) < 4.78 is 5.13. The molecular weight excluding hydrogens is 332 g/mol. The average molecular weight is 346 g/mol. The van der Waals surface area contributed by atoms with Crippen molar-refractivity contribution < 1.29 is 9.53 Å². The Hall–Kier alpha value is -2.32. The molecule has 2 aromatic heterocycles. The fourth-order valence-electron chi connectivity index (χ4n) is 1.85. The molecule has 0 aliphatic heterocycles. The zero-order valence-corrected chi connectivity index (χ0v) is 14.2. The highest BCUT2D eigenvalue weighted by atomic mass is 32.1. The number of benzene rings is 1. The molecule has 1 N–H and O–H groups in total. The molecule has 0 saturated heterocycles. The van der Waals surface area contributed by atoms with Crippen molar-refractivity contribution in [2.75, 3.05) is 12.4 Å². The van der Waals surface area contributed by atoms with Crippen LogP contribution in [0.25, 0.3) is 10.6 Å². The standard InChI is InChI=1S/C15H14N4O2S2/c1-3-12-18-19-15(23-12)17-13(20)11-8-22-14(16-11)9-4-6-10(21-2)7-5-9/h4-8H,3H2,1-2H3,(H,17,19,20). The van der Waals surface area contributed by atoms with Crippen molar-refractivity contribution in [1.82, 2.24) is 15.2 Å². The Labute approximate surface area is 141 Å². The van der Waals surface area contributed by atoms with Crippen LogP contribution >= 0.6 is 22.7 Å². The maximum atomic E-state index is 12.2. The first kappa shape index (κ1) is 15.6. The number of aryl methyl sites for hydroxylation is 1. The van der Waals surface area contributed by atoms with Gasteiger partial charge in [0.1, 0.15) is 21.5 Å². The van der Waals surface area contributed by atoms with Crippen molar-refractivity contribution in [3.05, 3.63) is 40.3 Å². The van der Waals surface area contributed by atoms with E-state index < -0.39 is 0 Å². The molecule has 3 aromatic rings. The van der Waals surface area contributed by atoms with Gasteiger partial charge in [-0.25, -0.2) is 4.98 Å². The molecule has 0 radical (unpaired) electrons. The van der Waals surface area contributed by atoms with Crippen LogP contribution in [0.5, 0.6) is 5.75 Å². The molecule has 118 valence electrons. The molecule has 0 fully saturated rings. The number of ether oxygens (including phenoxy) is 1. The normalized spacial score (nSPS) is 10.5. The smallest absolute Gasteiger partial charge is 0.276 e. The first-order valence-corrected chi connectivity index (χ1v) is 8.63. The van der Waals surface area contributed by atoms with Crippen LogP contribution in [0.3, 0.4) is 0 Å². The van der Waals surface area contributed by atoms with Crippen LogP contribution in [-0.4, -0.2) is 28.2 Å². The van der Waals surface area contributed by atoms with E-state index in [-0.39, 0.29) is 5.91 Å². The third kappa shape index (κ3) is 3.54. The van der Waals surface area contributed by atoms with E-state index in [1.807, 2.05) is 31.2 Å². The van der Waals surface area contributed by atoms with Crippen LogP contribution in [0.4, 0.5) is 5.13 Å². The lowest BCUT2D eigenvalue weighted by Crippen LogP contribution is -2.12. The highest BCUT2D eigenvalue weighted by Crippen LogP contribution is 2.26. The number of anilines is 1. The number of nitrogens with zero attached hydrogens (tertiary/aromatic N) is 3. The zero-order valence-electron chi connectivity index (χ0n) is 12.6. The SMILES string of the molecule is CCc1nnc(NC(=O)c2csc(-c3ccc(OC)cc3)n2)s1. The van der Waals surface area contributed by atoms with Gasteiger partial charge in [-0.05, 0) is 30.7 Å². The Morgan fingerprint density at radius 3 is 2.70 bits per heavy atom. The van der Waals surface area contributed by atoms with Gasteiger partial charge in [0.15, 0.2) is 0 Å². The first-order chi connectivity index (χ1) is 11.2. The maximum Gasteiger partial charge on any atom is 0.276 e. The minimum absolute atomic E-state index is 0.278. The number of nitrogens with one attached hydrogen (secondary N) is 1. The van der Waals surface area contributed by atoms with Crippen molar-refractivity contribution >= 4 is 33.7 Å². The molecule has 2 heterocycles. The number of amides is 1. The van der Waals surface area contributed by atoms with E-state index in [0.717, 1.165) is 27.7 Å². The summed E-state index contributed by atoms with van der Waals surface area (Å²) in [5, 5.41) is 14.5. The number of carbonyl (C=O) groups excluding carboxylic acids is 1. The lowest BCUT2D eigenvalue weighted by Gasteiger charge is -2.00. The van der Waals surface area contributed by atoms with Gasteiger partial charge in [-0.3, -0.25) is 10.1 Å². The number of thiazole rings is 1. The Balaban J connectivity index is 1.73. The summed E-state index contributed by atoms with van der Waals surface area (Å²) in [5.74, 6) is 0.506. The van der Waals surface area contributed by atoms with Crippen LogP contribution in [0.15, 0.2) is 29.6 Å². The van der Waals surface area contributed by atoms with E-state index in [9.17, 15) is 4.79 Å². The molecular formula is C15H14N4O2S2. The molecule has 0 bridgehead atoms. The second-order valence-electron chi connectivity index (χ2n) is 4.58. The van der Waals surface area contributed by atoms with Crippen LogP contribution in [-0.2, 0) is 6.42 Å². The average Bonchev–Trinajstić information content (AvgIpc) is 3.24. The predicted octanol–water partition coefficient (Wildman–Crippen LogP) is 3.48. The minimum Gasteiger partial charge on any atom is -0.497 e. The van der Waals surface area contributed by atoms with E-state index in [2.05, 4.69) is 20.5 Å². The van der Waals surface area contributed by atoms with E-state index in [1.54, 1.807) is 12.5 Å². The second kappa shape index (κ2) is 6.84. The van der Waals surface area contributed by atoms with E-state index in [4.69, 9.17) is 4.74 Å². The van der Waals surface area contributed by atoms with Crippen LogP contribution in [0, 0.1) is 0 Å². The predicted molar refractivity (Wildman–Crippen MR) is 91.3 cm³/mol. The Kier molecular flexibility index (Phi) is 4.63. The van der Waals surface area contributed by atoms with Gasteiger partial charge in [0.05, 0.1) is 7.11 Å². The Morgan fingerprint density at radius 2 is 2.04 bits per heavy atom. The topological polar surface area (TPSA) is 77.0 Å². The number of carbonyl (C=O) groups is 1. The first-order valence-electron chi connectivity index (χ1n) is 6.93. The number of methoxy groups -OCH3 is 1. The van der Waals surface area contributed by atoms with Crippen molar-refractivity contribution in [3.63, 3.8) is 0 Å². The Bertz CT molecular complexity index is 811. The largest absolute Gasteiger partial charge is 0.497 e. The lowest BCUT2D eigenvalue weighted by atomic mass is 10.2. The van der Waals surface area contributed by atoms with Gasteiger partial charge < -0.3 is 4.74 Å². The third-order valence-electron chi connectivity index (χ3n) is 3.06. The zero-order chi connectivity index (χ0) is 16.2. The van der Waals surface area contributed by atoms with Crippen molar-refractivity contribution in [2.24, 2.45) is 0 Å². The van der Waals surface area contributed by atoms with Gasteiger partial charge in [-0.1, -0.05) is 18.3 Å². The van der Waals surface area contributed by atoms with Crippen LogP contribution in [0.1, 0.15) is 22.4 Å². The summed E-state index contributed by atoms with van der Waals surface area (Å²) in [6, 6.07) is 7.56. The molecule has 1 amide bonds. The molecule has 3 rings (SSSR count). The molecule has 0 saturated carbocycles. The number of hydrogen-bond acceptors (Lipinski definition) is 7. The molecule has 23 heavy (non-hydrogen) atoms. The number of hydrogen-bond donors (Lipinski definition) is 1. The van der Waals surface area contributed by atoms with E-state index >= 15 is 0 Å². The molecule has 6 nitrogen and oxygen atoms in total. The van der Waals surface area contributed by atoms with Crippen molar-refractivity contribution in [1.29, 1.82) is 0 Å². The monoisotopic (exact) mass is 346 g/mol. The summed E-state index contributed by atoms with van der Waals surface area (Å²) >= 11 is 2.79. The highest BCUT2D eigenvalue weighted by molar-refractivity contribution is 7.15. The number of aromatic nitrogens is 3. The van der Waals surface area contributed by atoms with Crippen molar-refractivity contribution in [3.8, 4) is 16.3 Å². The fourth-order valence-corrected chi connectivity index (χ4v) is 3.33. The van der Waals surface area contributed by atoms with Gasteiger partial charge in [-0.2, -0.15) is 0 Å². The van der Waals surface area contributed by atoms with Gasteiger partial charge in [0.2, 0.25) is 5.13 Å². The Morgan fingerprint density at radius 1 is 1.26 bits per heavy atom. The second-order valence-corrected chi connectivity index (χ2v) is 6.50. The maximum absolute atomic E-state index is 12.2. The highest BCUT2D eigenvalue weighted by Gasteiger charge is 2.14. The molecule has 0 spiro atoms. The lowest BCUT2D eigenvalue weighted by molar-refractivity contribution is 0.102. The molecule has 0 unspecified atom stereocenters. The molecule has 1 aromatic carbocycles. The van der Waals surface area contributed by atoms with Gasteiger partial charge in [0.25, 0.3) is 5.91 Å². The minimum atomic E-state index is -0.278. The van der Waals surface area contributed by atoms with E-state index in [1.165, 1.54) is 22.7 Å². The summed E-state index contributed by atoms with van der Waals surface area (Å²) in [7, 11) is 1.62. The van der Waals surface area contributed by atoms with Crippen molar-refractivity contribution in [2.45, 2.75) is 13.3 Å². The van der Waals surface area contributed by atoms with E-state index in [0.29, 0.717) is 10.8 Å². The van der Waals surface area contributed by atoms with Crippen LogP contribution in [0.2, 0.25) is 0 Å². The fraction of sp³-hybridized carbons (Fsp3) is 0.200. The van der Waals surface area contributed by atoms with Gasteiger partial charge in [0, 0.05) is 10.9 Å². The summed E-state index contributed by atoms with van der Waals surface area (Å²) in [4.78, 5) is 16.6. The summed E-state index contributed by atoms with van der Waals surface area (Å²) in [5.41, 5.74) is 1.31. The molecule has 8 heteroatoms. The molecule has 0 aliphatic rings. The van der Waals surface area contributed by atoms with Gasteiger partial charge >= 0.3 is 0 Å². The van der Waals surface area contributed by atoms with Gasteiger partial charge in [-0.15, -0.1) is 21.5 Å². The quantitative estimate of drug-likeness (QED) is 0.765. The molecule has 0 atom stereocenters. The van der Waals surface area contributed by atoms with Crippen LogP contribution < -0.4 is 10.1 Å².